The van der Waals surface area contributed by atoms with Crippen molar-refractivity contribution in [3.63, 3.8) is 0 Å². The van der Waals surface area contributed by atoms with Gasteiger partial charge < -0.3 is 15.0 Å². The van der Waals surface area contributed by atoms with Crippen LogP contribution < -0.4 is 10.5 Å². The SMILES string of the molecule is CCCc1c(-c2ccc(-c3ccccc3)cc2)c(C(N)=O)c(C)n1Cc1ccccc1OC. The van der Waals surface area contributed by atoms with E-state index in [0.717, 1.165) is 57.8 Å². The van der Waals surface area contributed by atoms with Gasteiger partial charge in [-0.25, -0.2) is 0 Å². The highest BCUT2D eigenvalue weighted by Crippen LogP contribution is 2.36. The van der Waals surface area contributed by atoms with Gasteiger partial charge in [-0.3, -0.25) is 4.79 Å². The molecule has 0 fully saturated rings. The van der Waals surface area contributed by atoms with E-state index in [1.54, 1.807) is 7.11 Å². The minimum absolute atomic E-state index is 0.397. The zero-order valence-corrected chi connectivity index (χ0v) is 19.5. The highest BCUT2D eigenvalue weighted by atomic mass is 16.5. The lowest BCUT2D eigenvalue weighted by molar-refractivity contribution is 0.1000. The fourth-order valence-corrected chi connectivity index (χ4v) is 4.58. The summed E-state index contributed by atoms with van der Waals surface area (Å²) in [5.74, 6) is 0.438. The van der Waals surface area contributed by atoms with Gasteiger partial charge in [0, 0.05) is 22.5 Å². The highest BCUT2D eigenvalue weighted by Gasteiger charge is 2.25. The Balaban J connectivity index is 1.85. The summed E-state index contributed by atoms with van der Waals surface area (Å²) in [5, 5.41) is 0. The molecule has 1 heterocycles. The van der Waals surface area contributed by atoms with Crippen molar-refractivity contribution in [1.29, 1.82) is 0 Å². The number of nitrogens with two attached hydrogens (primary N) is 1. The van der Waals surface area contributed by atoms with Crippen LogP contribution in [0.15, 0.2) is 78.9 Å². The Bertz CT molecular complexity index is 1260. The van der Waals surface area contributed by atoms with Crippen LogP contribution in [0.2, 0.25) is 0 Å². The maximum absolute atomic E-state index is 12.6. The van der Waals surface area contributed by atoms with E-state index in [1.165, 1.54) is 0 Å². The topological polar surface area (TPSA) is 57.2 Å². The van der Waals surface area contributed by atoms with E-state index in [-0.39, 0.29) is 0 Å². The number of hydrogen-bond donors (Lipinski definition) is 1. The summed E-state index contributed by atoms with van der Waals surface area (Å²) in [4.78, 5) is 12.6. The highest BCUT2D eigenvalue weighted by molar-refractivity contribution is 6.02. The summed E-state index contributed by atoms with van der Waals surface area (Å²) >= 11 is 0. The zero-order valence-electron chi connectivity index (χ0n) is 19.5. The molecule has 0 aliphatic heterocycles. The van der Waals surface area contributed by atoms with Crippen LogP contribution in [0.4, 0.5) is 0 Å². The Morgan fingerprint density at radius 3 is 2.12 bits per heavy atom. The third-order valence-electron chi connectivity index (χ3n) is 6.17. The predicted octanol–water partition coefficient (Wildman–Crippen LogP) is 6.24. The monoisotopic (exact) mass is 438 g/mol. The number of hydrogen-bond acceptors (Lipinski definition) is 2. The molecule has 4 heteroatoms. The van der Waals surface area contributed by atoms with E-state index in [9.17, 15) is 4.79 Å². The molecule has 0 bridgehead atoms. The molecule has 0 aliphatic carbocycles. The van der Waals surface area contributed by atoms with Crippen LogP contribution in [0.5, 0.6) is 5.75 Å². The molecule has 2 N–H and O–H groups in total. The largest absolute Gasteiger partial charge is 0.496 e. The molecule has 0 unspecified atom stereocenters. The smallest absolute Gasteiger partial charge is 0.251 e. The lowest BCUT2D eigenvalue weighted by Gasteiger charge is -2.15. The Morgan fingerprint density at radius 1 is 0.879 bits per heavy atom. The fraction of sp³-hybridized carbons (Fsp3) is 0.207. The van der Waals surface area contributed by atoms with Crippen LogP contribution in [0.1, 0.15) is 40.7 Å². The molecule has 33 heavy (non-hydrogen) atoms. The Hall–Kier alpha value is -3.79. The molecular formula is C29H30N2O2. The number of amides is 1. The summed E-state index contributed by atoms with van der Waals surface area (Å²) in [7, 11) is 1.68. The lowest BCUT2D eigenvalue weighted by Crippen LogP contribution is -2.13. The second-order valence-corrected chi connectivity index (χ2v) is 8.24. The Kier molecular flexibility index (Phi) is 6.64. The number of primary amides is 1. The second-order valence-electron chi connectivity index (χ2n) is 8.24. The summed E-state index contributed by atoms with van der Waals surface area (Å²) in [6, 6.07) is 26.7. The van der Waals surface area contributed by atoms with Gasteiger partial charge in [-0.05, 0) is 36.1 Å². The first-order valence-corrected chi connectivity index (χ1v) is 11.3. The number of nitrogens with zero attached hydrogens (tertiary/aromatic N) is 1. The van der Waals surface area contributed by atoms with Gasteiger partial charge in [0.1, 0.15) is 5.75 Å². The second kappa shape index (κ2) is 9.78. The van der Waals surface area contributed by atoms with E-state index < -0.39 is 5.91 Å². The van der Waals surface area contributed by atoms with Crippen molar-refractivity contribution in [2.45, 2.75) is 33.2 Å². The number of carbonyl (C=O) groups is 1. The molecule has 0 atom stereocenters. The zero-order chi connectivity index (χ0) is 23.4. The molecule has 1 aromatic heterocycles. The van der Waals surface area contributed by atoms with Crippen molar-refractivity contribution in [3.05, 3.63) is 101 Å². The quantitative estimate of drug-likeness (QED) is 0.354. The van der Waals surface area contributed by atoms with Crippen molar-refractivity contribution < 1.29 is 9.53 Å². The molecule has 0 saturated heterocycles. The molecule has 0 spiro atoms. The Morgan fingerprint density at radius 2 is 1.48 bits per heavy atom. The molecule has 4 nitrogen and oxygen atoms in total. The maximum atomic E-state index is 12.6. The van der Waals surface area contributed by atoms with Crippen molar-refractivity contribution in [1.82, 2.24) is 4.57 Å². The predicted molar refractivity (Wildman–Crippen MR) is 135 cm³/mol. The molecule has 0 saturated carbocycles. The summed E-state index contributed by atoms with van der Waals surface area (Å²) in [6.07, 6.45) is 1.81. The van der Waals surface area contributed by atoms with Gasteiger partial charge in [0.05, 0.1) is 19.2 Å². The van der Waals surface area contributed by atoms with Crippen LogP contribution in [0, 0.1) is 6.92 Å². The molecule has 0 aliphatic rings. The van der Waals surface area contributed by atoms with Gasteiger partial charge in [0.2, 0.25) is 0 Å². The molecule has 1 amide bonds. The number of benzene rings is 3. The number of ether oxygens (including phenoxy) is 1. The van der Waals surface area contributed by atoms with E-state index in [4.69, 9.17) is 10.5 Å². The Labute approximate surface area is 195 Å². The van der Waals surface area contributed by atoms with E-state index in [1.807, 2.05) is 43.3 Å². The number of carbonyl (C=O) groups excluding carboxylic acids is 1. The minimum atomic E-state index is -0.397. The van der Waals surface area contributed by atoms with E-state index >= 15 is 0 Å². The molecule has 0 radical (unpaired) electrons. The fourth-order valence-electron chi connectivity index (χ4n) is 4.58. The summed E-state index contributed by atoms with van der Waals surface area (Å²) < 4.78 is 7.80. The number of aromatic nitrogens is 1. The van der Waals surface area contributed by atoms with Gasteiger partial charge in [0.15, 0.2) is 0 Å². The molecule has 168 valence electrons. The van der Waals surface area contributed by atoms with Gasteiger partial charge >= 0.3 is 0 Å². The lowest BCUT2D eigenvalue weighted by atomic mass is 9.96. The first-order valence-electron chi connectivity index (χ1n) is 11.3. The number of para-hydroxylation sites is 1. The van der Waals surface area contributed by atoms with Gasteiger partial charge in [-0.15, -0.1) is 0 Å². The molecule has 3 aromatic carbocycles. The van der Waals surface area contributed by atoms with Crippen LogP contribution in [-0.2, 0) is 13.0 Å². The minimum Gasteiger partial charge on any atom is -0.496 e. The number of rotatable bonds is 8. The molecule has 4 rings (SSSR count). The maximum Gasteiger partial charge on any atom is 0.251 e. The van der Waals surface area contributed by atoms with E-state index in [2.05, 4.69) is 54.0 Å². The first kappa shape index (κ1) is 22.4. The summed E-state index contributed by atoms with van der Waals surface area (Å²) in [6.45, 7) is 4.76. The third kappa shape index (κ3) is 4.42. The average Bonchev–Trinajstić information content (AvgIpc) is 3.12. The summed E-state index contributed by atoms with van der Waals surface area (Å²) in [5.41, 5.74) is 13.9. The van der Waals surface area contributed by atoms with Crippen LogP contribution >= 0.6 is 0 Å². The number of methoxy groups -OCH3 is 1. The third-order valence-corrected chi connectivity index (χ3v) is 6.17. The van der Waals surface area contributed by atoms with Gasteiger partial charge in [-0.2, -0.15) is 0 Å². The van der Waals surface area contributed by atoms with Crippen molar-refractivity contribution in [3.8, 4) is 28.0 Å². The van der Waals surface area contributed by atoms with Gasteiger partial charge in [0.25, 0.3) is 5.91 Å². The van der Waals surface area contributed by atoms with Crippen molar-refractivity contribution in [2.75, 3.05) is 7.11 Å². The van der Waals surface area contributed by atoms with Gasteiger partial charge in [-0.1, -0.05) is 86.1 Å². The van der Waals surface area contributed by atoms with Crippen LogP contribution in [0.3, 0.4) is 0 Å². The van der Waals surface area contributed by atoms with Crippen LogP contribution in [0.25, 0.3) is 22.3 Å². The van der Waals surface area contributed by atoms with Crippen molar-refractivity contribution in [2.24, 2.45) is 5.73 Å². The standard InChI is InChI=1S/C29H30N2O2/c1-4-10-25-28(23-17-15-22(16-18-23)21-11-6-5-7-12-21)27(29(30)32)20(2)31(25)19-24-13-8-9-14-26(24)33-3/h5-9,11-18H,4,10,19H2,1-3H3,(H2,30,32). The first-order chi connectivity index (χ1) is 16.0. The van der Waals surface area contributed by atoms with Crippen molar-refractivity contribution >= 4 is 5.91 Å². The van der Waals surface area contributed by atoms with Crippen LogP contribution in [-0.4, -0.2) is 17.6 Å². The molecule has 4 aromatic rings. The normalized spacial score (nSPS) is 10.9. The average molecular weight is 439 g/mol. The molecular weight excluding hydrogens is 408 g/mol. The van der Waals surface area contributed by atoms with E-state index in [0.29, 0.717) is 12.1 Å².